The molecule has 1 aromatic heterocycles. The van der Waals surface area contributed by atoms with Crippen molar-refractivity contribution in [2.45, 2.75) is 6.92 Å². The Morgan fingerprint density at radius 1 is 1.38 bits per heavy atom. The highest BCUT2D eigenvalue weighted by Gasteiger charge is 2.08. The molecule has 1 aromatic carbocycles. The molecule has 5 nitrogen and oxygen atoms in total. The van der Waals surface area contributed by atoms with Gasteiger partial charge in [0.15, 0.2) is 5.78 Å². The van der Waals surface area contributed by atoms with E-state index < -0.39 is 0 Å². The maximum Gasteiger partial charge on any atom is 0.266 e. The number of Topliss-reactive ketones (excluding diaryl/α,β-unsaturated/α-hetero) is 1. The van der Waals surface area contributed by atoms with E-state index in [2.05, 4.69) is 5.16 Å². The van der Waals surface area contributed by atoms with Gasteiger partial charge in [-0.15, -0.1) is 0 Å². The van der Waals surface area contributed by atoms with Gasteiger partial charge < -0.3 is 14.7 Å². The summed E-state index contributed by atoms with van der Waals surface area (Å²) in [6.07, 6.45) is 0. The molecule has 1 heterocycles. The summed E-state index contributed by atoms with van der Waals surface area (Å²) < 4.78 is 5.19. The van der Waals surface area contributed by atoms with Crippen molar-refractivity contribution in [3.05, 3.63) is 35.4 Å². The van der Waals surface area contributed by atoms with Gasteiger partial charge >= 0.3 is 0 Å². The van der Waals surface area contributed by atoms with Gasteiger partial charge in [0.05, 0.1) is 5.56 Å². The van der Waals surface area contributed by atoms with Crippen LogP contribution in [-0.2, 0) is 0 Å². The van der Waals surface area contributed by atoms with Crippen LogP contribution < -0.4 is 5.55 Å². The number of phenols is 1. The number of hydrogen-bond donors (Lipinski definition) is 2. The van der Waals surface area contributed by atoms with Crippen molar-refractivity contribution in [1.29, 1.82) is 0 Å². The lowest BCUT2D eigenvalue weighted by Crippen LogP contribution is -2.13. The summed E-state index contributed by atoms with van der Waals surface area (Å²) in [5, 5.41) is 21.5. The molecule has 0 fully saturated rings. The molecule has 0 aliphatic rings. The Morgan fingerprint density at radius 3 is 2.75 bits per heavy atom. The number of fused-ring (bicyclic) bond motifs is 1. The lowest BCUT2D eigenvalue weighted by atomic mass is 10.1. The van der Waals surface area contributed by atoms with E-state index in [1.54, 1.807) is 12.1 Å². The van der Waals surface area contributed by atoms with Crippen LogP contribution in [0.25, 0.3) is 11.0 Å². The summed E-state index contributed by atoms with van der Waals surface area (Å²) in [5.74, 6) is -0.220. The van der Waals surface area contributed by atoms with Crippen LogP contribution in [0.15, 0.2) is 33.8 Å². The molecule has 2 N–H and O–H groups in total. The van der Waals surface area contributed by atoms with Crippen LogP contribution in [0, 0.1) is 0 Å². The third kappa shape index (κ3) is 1.63. The molecular weight excluding hydrogens is 210 g/mol. The average molecular weight is 219 g/mol. The number of ketones is 1. The molecule has 5 heteroatoms. The standard InChI is InChI=1S/C11H9NO4/c1-6(13)9-4-7-2-3-8(14)5-10(7)16-11(9)12-15/h2-5,14-15H,1H3. The highest BCUT2D eigenvalue weighted by Crippen LogP contribution is 2.19. The first kappa shape index (κ1) is 10.2. The third-order valence-corrected chi connectivity index (χ3v) is 2.20. The van der Waals surface area contributed by atoms with E-state index in [-0.39, 0.29) is 22.7 Å². The zero-order chi connectivity index (χ0) is 11.7. The molecule has 0 saturated heterocycles. The topological polar surface area (TPSA) is 83.0 Å². The first-order chi connectivity index (χ1) is 7.61. The SMILES string of the molecule is CC(=O)c1cc2ccc(O)cc2oc1=NO. The van der Waals surface area contributed by atoms with Gasteiger partial charge in [-0.2, -0.15) is 0 Å². The predicted molar refractivity (Wildman–Crippen MR) is 55.2 cm³/mol. The van der Waals surface area contributed by atoms with Crippen LogP contribution in [0.1, 0.15) is 17.3 Å². The van der Waals surface area contributed by atoms with E-state index in [1.165, 1.54) is 19.1 Å². The Hall–Kier alpha value is -2.30. The van der Waals surface area contributed by atoms with E-state index in [0.717, 1.165) is 0 Å². The van der Waals surface area contributed by atoms with Gasteiger partial charge in [0.1, 0.15) is 11.3 Å². The van der Waals surface area contributed by atoms with Crippen molar-refractivity contribution < 1.29 is 19.5 Å². The third-order valence-electron chi connectivity index (χ3n) is 2.20. The van der Waals surface area contributed by atoms with Gasteiger partial charge in [-0.05, 0) is 30.3 Å². The number of rotatable bonds is 1. The summed E-state index contributed by atoms with van der Waals surface area (Å²) >= 11 is 0. The minimum Gasteiger partial charge on any atom is -0.508 e. The predicted octanol–water partition coefficient (Wildman–Crippen LogP) is 1.63. The van der Waals surface area contributed by atoms with Gasteiger partial charge in [0, 0.05) is 11.5 Å². The number of benzene rings is 1. The quantitative estimate of drug-likeness (QED) is 0.433. The molecule has 0 aliphatic heterocycles. The van der Waals surface area contributed by atoms with Crippen molar-refractivity contribution >= 4 is 16.8 Å². The van der Waals surface area contributed by atoms with Gasteiger partial charge in [-0.1, -0.05) is 0 Å². The Bertz CT molecular complexity index is 627. The molecule has 2 rings (SSSR count). The Balaban J connectivity index is 2.86. The molecule has 82 valence electrons. The summed E-state index contributed by atoms with van der Waals surface area (Å²) in [6.45, 7) is 1.35. The average Bonchev–Trinajstić information content (AvgIpc) is 2.26. The van der Waals surface area contributed by atoms with Crippen molar-refractivity contribution in [1.82, 2.24) is 0 Å². The molecule has 0 bridgehead atoms. The van der Waals surface area contributed by atoms with Crippen LogP contribution in [0.4, 0.5) is 0 Å². The van der Waals surface area contributed by atoms with Crippen LogP contribution in [0.2, 0.25) is 0 Å². The molecule has 0 spiro atoms. The Kier molecular flexibility index (Phi) is 2.36. The molecule has 16 heavy (non-hydrogen) atoms. The minimum absolute atomic E-state index is 0.0377. The summed E-state index contributed by atoms with van der Waals surface area (Å²) in [4.78, 5) is 11.3. The molecule has 2 aromatic rings. The van der Waals surface area contributed by atoms with E-state index in [1.807, 2.05) is 0 Å². The van der Waals surface area contributed by atoms with Crippen LogP contribution in [0.3, 0.4) is 0 Å². The number of hydrogen-bond acceptors (Lipinski definition) is 5. The highest BCUT2D eigenvalue weighted by atomic mass is 16.5. The van der Waals surface area contributed by atoms with Gasteiger partial charge in [0.25, 0.3) is 5.55 Å². The van der Waals surface area contributed by atoms with Gasteiger partial charge in [-0.25, -0.2) is 0 Å². The lowest BCUT2D eigenvalue weighted by Gasteiger charge is -2.00. The molecule has 0 amide bonds. The van der Waals surface area contributed by atoms with Crippen molar-refractivity contribution in [3.63, 3.8) is 0 Å². The lowest BCUT2D eigenvalue weighted by molar-refractivity contribution is 0.101. The second-order valence-corrected chi connectivity index (χ2v) is 3.34. The highest BCUT2D eigenvalue weighted by molar-refractivity contribution is 5.96. The maximum absolute atomic E-state index is 11.3. The summed E-state index contributed by atoms with van der Waals surface area (Å²) in [6, 6.07) is 6.03. The van der Waals surface area contributed by atoms with Crippen LogP contribution in [0.5, 0.6) is 5.75 Å². The van der Waals surface area contributed by atoms with Crippen molar-refractivity contribution in [2.24, 2.45) is 5.16 Å². The second kappa shape index (κ2) is 3.69. The summed E-state index contributed by atoms with van der Waals surface area (Å²) in [7, 11) is 0. The van der Waals surface area contributed by atoms with Gasteiger partial charge in [0.2, 0.25) is 0 Å². The molecule has 0 radical (unpaired) electrons. The zero-order valence-corrected chi connectivity index (χ0v) is 8.47. The maximum atomic E-state index is 11.3. The Morgan fingerprint density at radius 2 is 2.12 bits per heavy atom. The number of aromatic hydroxyl groups is 1. The smallest absolute Gasteiger partial charge is 0.266 e. The number of nitrogens with zero attached hydrogens (tertiary/aromatic N) is 1. The largest absolute Gasteiger partial charge is 0.508 e. The Labute approximate surface area is 90.2 Å². The number of carbonyl (C=O) groups is 1. The minimum atomic E-state index is -0.258. The number of phenolic OH excluding ortho intramolecular Hbond substituents is 1. The van der Waals surface area contributed by atoms with Crippen molar-refractivity contribution in [3.8, 4) is 5.75 Å². The second-order valence-electron chi connectivity index (χ2n) is 3.34. The fourth-order valence-corrected chi connectivity index (χ4v) is 1.43. The molecule has 0 atom stereocenters. The van der Waals surface area contributed by atoms with Crippen LogP contribution >= 0.6 is 0 Å². The molecule has 0 unspecified atom stereocenters. The fourth-order valence-electron chi connectivity index (χ4n) is 1.43. The summed E-state index contributed by atoms with van der Waals surface area (Å²) in [5.41, 5.74) is 0.379. The van der Waals surface area contributed by atoms with Gasteiger partial charge in [-0.3, -0.25) is 4.79 Å². The van der Waals surface area contributed by atoms with E-state index in [9.17, 15) is 9.90 Å². The van der Waals surface area contributed by atoms with E-state index >= 15 is 0 Å². The number of carbonyl (C=O) groups excluding carboxylic acids is 1. The normalized spacial score (nSPS) is 11.9. The van der Waals surface area contributed by atoms with Crippen LogP contribution in [-0.4, -0.2) is 16.1 Å². The molecule has 0 aliphatic carbocycles. The fraction of sp³-hybridized carbons (Fsp3) is 0.0909. The first-order valence-corrected chi connectivity index (χ1v) is 4.57. The van der Waals surface area contributed by atoms with E-state index in [4.69, 9.17) is 9.62 Å². The first-order valence-electron chi connectivity index (χ1n) is 4.57. The van der Waals surface area contributed by atoms with E-state index in [0.29, 0.717) is 11.0 Å². The molecule has 0 saturated carbocycles. The molecular formula is C11H9NO4. The van der Waals surface area contributed by atoms with Crippen molar-refractivity contribution in [2.75, 3.05) is 0 Å². The monoisotopic (exact) mass is 219 g/mol. The zero-order valence-electron chi connectivity index (χ0n) is 8.47.